The van der Waals surface area contributed by atoms with Crippen molar-refractivity contribution in [3.05, 3.63) is 51.5 Å². The molecule has 0 fully saturated rings. The molecule has 118 valence electrons. The summed E-state index contributed by atoms with van der Waals surface area (Å²) in [5.41, 5.74) is 1.96. The van der Waals surface area contributed by atoms with Gasteiger partial charge in [-0.3, -0.25) is 4.79 Å². The van der Waals surface area contributed by atoms with Gasteiger partial charge in [-0.15, -0.1) is 11.3 Å². The normalized spacial score (nSPS) is 12.4. The summed E-state index contributed by atoms with van der Waals surface area (Å²) in [6.07, 6.45) is 0.252. The first-order chi connectivity index (χ1) is 10.5. The smallest absolute Gasteiger partial charge is 0.227 e. The number of aliphatic hydroxyl groups is 1. The van der Waals surface area contributed by atoms with E-state index in [-0.39, 0.29) is 25.0 Å². The predicted molar refractivity (Wildman–Crippen MR) is 89.1 cm³/mol. The fourth-order valence-corrected chi connectivity index (χ4v) is 3.47. The van der Waals surface area contributed by atoms with Crippen LogP contribution < -0.4 is 5.32 Å². The molecule has 1 atom stereocenters. The van der Waals surface area contributed by atoms with E-state index in [1.165, 1.54) is 4.88 Å². The molecular weight excluding hydrogens is 296 g/mol. The van der Waals surface area contributed by atoms with Crippen molar-refractivity contribution in [1.29, 1.82) is 0 Å². The van der Waals surface area contributed by atoms with Gasteiger partial charge in [0, 0.05) is 4.88 Å². The van der Waals surface area contributed by atoms with E-state index in [0.29, 0.717) is 5.92 Å². The number of hydrogen-bond donors (Lipinski definition) is 2. The highest BCUT2D eigenvalue weighted by Gasteiger charge is 2.17. The molecule has 0 saturated heterocycles. The van der Waals surface area contributed by atoms with Crippen LogP contribution in [0.1, 0.15) is 46.9 Å². The lowest BCUT2D eigenvalue weighted by molar-refractivity contribution is -0.121. The molecule has 0 spiro atoms. The monoisotopic (exact) mass is 318 g/mol. The molecule has 22 heavy (non-hydrogen) atoms. The largest absolute Gasteiger partial charge is 0.394 e. The van der Waals surface area contributed by atoms with E-state index in [4.69, 9.17) is 0 Å². The van der Waals surface area contributed by atoms with Crippen LogP contribution in [0, 0.1) is 6.92 Å². The predicted octanol–water partition coefficient (Wildman–Crippen LogP) is 2.97. The van der Waals surface area contributed by atoms with Crippen LogP contribution in [0.2, 0.25) is 0 Å². The average Bonchev–Trinajstić information content (AvgIpc) is 2.86. The van der Waals surface area contributed by atoms with Crippen molar-refractivity contribution in [2.24, 2.45) is 0 Å². The number of amides is 1. The van der Waals surface area contributed by atoms with Crippen molar-refractivity contribution in [3.63, 3.8) is 0 Å². The first-order valence-electron chi connectivity index (χ1n) is 7.42. The first-order valence-corrected chi connectivity index (χ1v) is 8.24. The summed E-state index contributed by atoms with van der Waals surface area (Å²) in [6.45, 7) is 6.12. The fraction of sp³-hybridized carbons (Fsp3) is 0.412. The second-order valence-corrected chi connectivity index (χ2v) is 6.88. The summed E-state index contributed by atoms with van der Waals surface area (Å²) >= 11 is 1.57. The minimum absolute atomic E-state index is 0.119. The third-order valence-corrected chi connectivity index (χ3v) is 4.44. The van der Waals surface area contributed by atoms with Gasteiger partial charge in [0.25, 0.3) is 0 Å². The molecule has 0 saturated carbocycles. The zero-order valence-corrected chi connectivity index (χ0v) is 14.0. The third-order valence-electron chi connectivity index (χ3n) is 3.46. The first kappa shape index (κ1) is 16.6. The molecule has 1 heterocycles. The quantitative estimate of drug-likeness (QED) is 0.861. The van der Waals surface area contributed by atoms with Crippen LogP contribution in [0.15, 0.2) is 30.3 Å². The van der Waals surface area contributed by atoms with Crippen LogP contribution in [0.4, 0.5) is 0 Å². The summed E-state index contributed by atoms with van der Waals surface area (Å²) in [6, 6.07) is 9.11. The number of rotatable bonds is 6. The summed E-state index contributed by atoms with van der Waals surface area (Å²) in [7, 11) is 0. The Balaban J connectivity index is 2.01. The molecule has 0 aliphatic carbocycles. The molecule has 0 bridgehead atoms. The van der Waals surface area contributed by atoms with E-state index in [9.17, 15) is 9.90 Å². The lowest BCUT2D eigenvalue weighted by Gasteiger charge is -2.16. The number of nitrogens with zero attached hydrogens (tertiary/aromatic N) is 1. The van der Waals surface area contributed by atoms with Crippen LogP contribution >= 0.6 is 11.3 Å². The van der Waals surface area contributed by atoms with E-state index in [2.05, 4.69) is 24.1 Å². The number of hydrogen-bond acceptors (Lipinski definition) is 4. The topological polar surface area (TPSA) is 62.2 Å². The zero-order valence-electron chi connectivity index (χ0n) is 13.2. The number of thiazole rings is 1. The highest BCUT2D eigenvalue weighted by atomic mass is 32.1. The Hall–Kier alpha value is -1.72. The van der Waals surface area contributed by atoms with Crippen molar-refractivity contribution in [2.75, 3.05) is 6.61 Å². The van der Waals surface area contributed by atoms with Gasteiger partial charge < -0.3 is 10.4 Å². The van der Waals surface area contributed by atoms with Crippen molar-refractivity contribution in [2.45, 2.75) is 39.2 Å². The minimum atomic E-state index is -0.376. The summed E-state index contributed by atoms with van der Waals surface area (Å²) in [5.74, 6) is 0.245. The van der Waals surface area contributed by atoms with E-state index in [0.717, 1.165) is 16.3 Å². The van der Waals surface area contributed by atoms with Crippen LogP contribution in [0.25, 0.3) is 0 Å². The Kier molecular flexibility index (Phi) is 5.69. The molecule has 4 nitrogen and oxygen atoms in total. The summed E-state index contributed by atoms with van der Waals surface area (Å²) < 4.78 is 0. The molecule has 0 radical (unpaired) electrons. The van der Waals surface area contributed by atoms with E-state index < -0.39 is 0 Å². The molecule has 1 aromatic heterocycles. The van der Waals surface area contributed by atoms with Gasteiger partial charge >= 0.3 is 0 Å². The third kappa shape index (κ3) is 4.15. The second kappa shape index (κ2) is 7.51. The van der Waals surface area contributed by atoms with Gasteiger partial charge in [0.15, 0.2) is 0 Å². The average molecular weight is 318 g/mol. The number of carbonyl (C=O) groups excluding carboxylic acids is 1. The van der Waals surface area contributed by atoms with Gasteiger partial charge in [-0.25, -0.2) is 4.98 Å². The van der Waals surface area contributed by atoms with Gasteiger partial charge in [0.1, 0.15) is 5.01 Å². The number of aliphatic hydroxyl groups excluding tert-OH is 1. The van der Waals surface area contributed by atoms with Crippen LogP contribution in [-0.4, -0.2) is 22.6 Å². The Morgan fingerprint density at radius 3 is 2.55 bits per heavy atom. The number of nitrogens with one attached hydrogen (secondary N) is 1. The second-order valence-electron chi connectivity index (χ2n) is 5.59. The maximum Gasteiger partial charge on any atom is 0.227 e. The van der Waals surface area contributed by atoms with Gasteiger partial charge in [-0.1, -0.05) is 44.2 Å². The van der Waals surface area contributed by atoms with Crippen molar-refractivity contribution in [1.82, 2.24) is 10.3 Å². The van der Waals surface area contributed by atoms with Crippen molar-refractivity contribution in [3.8, 4) is 0 Å². The highest BCUT2D eigenvalue weighted by molar-refractivity contribution is 7.11. The van der Waals surface area contributed by atoms with E-state index >= 15 is 0 Å². The van der Waals surface area contributed by atoms with Gasteiger partial charge in [-0.2, -0.15) is 0 Å². The van der Waals surface area contributed by atoms with Crippen LogP contribution in [0.3, 0.4) is 0 Å². The Bertz CT molecular complexity index is 623. The number of aryl methyl sites for hydroxylation is 1. The Morgan fingerprint density at radius 2 is 2.00 bits per heavy atom. The molecule has 0 unspecified atom stereocenters. The van der Waals surface area contributed by atoms with Crippen LogP contribution in [0.5, 0.6) is 0 Å². The highest BCUT2D eigenvalue weighted by Crippen LogP contribution is 2.24. The van der Waals surface area contributed by atoms with Crippen molar-refractivity contribution >= 4 is 17.2 Å². The van der Waals surface area contributed by atoms with E-state index in [1.807, 2.05) is 37.3 Å². The fourth-order valence-electron chi connectivity index (χ4n) is 2.38. The molecule has 1 aromatic carbocycles. The Morgan fingerprint density at radius 1 is 1.32 bits per heavy atom. The standard InChI is InChI=1S/C17H22N2O2S/c1-11(2)17-12(3)22-16(19-17)9-15(21)18-14(10-20)13-7-5-4-6-8-13/h4-8,11,14,20H,9-10H2,1-3H3,(H,18,21)/t14-/m0/s1. The molecule has 2 rings (SSSR count). The minimum Gasteiger partial charge on any atom is -0.394 e. The molecule has 2 aromatic rings. The van der Waals surface area contributed by atoms with Crippen LogP contribution in [-0.2, 0) is 11.2 Å². The van der Waals surface area contributed by atoms with Gasteiger partial charge in [-0.05, 0) is 18.4 Å². The summed E-state index contributed by atoms with van der Waals surface area (Å²) in [4.78, 5) is 17.9. The number of aromatic nitrogens is 1. The zero-order chi connectivity index (χ0) is 16.1. The molecular formula is C17H22N2O2S. The molecule has 2 N–H and O–H groups in total. The number of benzene rings is 1. The van der Waals surface area contributed by atoms with Crippen molar-refractivity contribution < 1.29 is 9.90 Å². The SMILES string of the molecule is Cc1sc(CC(=O)N[C@@H](CO)c2ccccc2)nc1C(C)C. The molecule has 5 heteroatoms. The lowest BCUT2D eigenvalue weighted by Crippen LogP contribution is -2.31. The molecule has 0 aliphatic rings. The van der Waals surface area contributed by atoms with Gasteiger partial charge in [0.2, 0.25) is 5.91 Å². The molecule has 1 amide bonds. The Labute approximate surface area is 135 Å². The molecule has 0 aliphatic heterocycles. The summed E-state index contributed by atoms with van der Waals surface area (Å²) in [5, 5.41) is 13.2. The lowest BCUT2D eigenvalue weighted by atomic mass is 10.1. The maximum atomic E-state index is 12.2. The maximum absolute atomic E-state index is 12.2. The van der Waals surface area contributed by atoms with E-state index in [1.54, 1.807) is 11.3 Å². The number of carbonyl (C=O) groups is 1. The van der Waals surface area contributed by atoms with Gasteiger partial charge in [0.05, 0.1) is 24.8 Å².